The number of aliphatic carboxylic acids is 1. The molecule has 0 unspecified atom stereocenters. The number of piperazine rings is 1. The lowest BCUT2D eigenvalue weighted by Gasteiger charge is -2.39. The maximum atomic E-state index is 12.3. The van der Waals surface area contributed by atoms with Crippen LogP contribution in [0.5, 0.6) is 0 Å². The van der Waals surface area contributed by atoms with E-state index in [0.29, 0.717) is 32.7 Å². The molecule has 28 heavy (non-hydrogen) atoms. The van der Waals surface area contributed by atoms with Crippen molar-refractivity contribution in [3.63, 3.8) is 0 Å². The quantitative estimate of drug-likeness (QED) is 0.850. The first-order valence-corrected chi connectivity index (χ1v) is 9.94. The Hall–Kier alpha value is -2.12. The molecule has 154 valence electrons. The lowest BCUT2D eigenvalue weighted by atomic mass is 10.0. The number of rotatable bonds is 4. The van der Waals surface area contributed by atoms with Crippen molar-refractivity contribution >= 4 is 12.1 Å². The van der Waals surface area contributed by atoms with Gasteiger partial charge in [-0.15, -0.1) is 0 Å². The minimum Gasteiger partial charge on any atom is -0.481 e. The molecule has 2 aliphatic heterocycles. The lowest BCUT2D eigenvalue weighted by Crippen LogP contribution is -2.55. The molecular weight excluding hydrogens is 358 g/mol. The van der Waals surface area contributed by atoms with Gasteiger partial charge in [0.15, 0.2) is 0 Å². The number of amides is 1. The molecule has 1 N–H and O–H groups in total. The highest BCUT2D eigenvalue weighted by molar-refractivity contribution is 5.72. The minimum absolute atomic E-state index is 0.0259. The molecule has 1 aromatic rings. The van der Waals surface area contributed by atoms with Crippen LogP contribution in [0.15, 0.2) is 30.3 Å². The van der Waals surface area contributed by atoms with Gasteiger partial charge in [-0.25, -0.2) is 4.79 Å². The first-order chi connectivity index (χ1) is 13.2. The first kappa shape index (κ1) is 20.6. The van der Waals surface area contributed by atoms with Crippen molar-refractivity contribution in [2.45, 2.75) is 39.0 Å². The molecule has 0 aliphatic carbocycles. The number of carboxylic acids is 1. The van der Waals surface area contributed by atoms with Crippen molar-refractivity contribution in [2.75, 3.05) is 39.3 Å². The summed E-state index contributed by atoms with van der Waals surface area (Å²) in [4.78, 5) is 30.3. The smallest absolute Gasteiger partial charge is 0.410 e. The summed E-state index contributed by atoms with van der Waals surface area (Å²) in [6.45, 7) is 10.1. The Bertz CT molecular complexity index is 681. The Morgan fingerprint density at radius 3 is 2.29 bits per heavy atom. The van der Waals surface area contributed by atoms with Gasteiger partial charge in [-0.2, -0.15) is 0 Å². The van der Waals surface area contributed by atoms with E-state index in [1.165, 1.54) is 5.56 Å². The van der Waals surface area contributed by atoms with Crippen molar-refractivity contribution in [2.24, 2.45) is 5.92 Å². The average molecular weight is 389 g/mol. The van der Waals surface area contributed by atoms with E-state index >= 15 is 0 Å². The van der Waals surface area contributed by atoms with Gasteiger partial charge in [0.1, 0.15) is 5.60 Å². The molecule has 2 saturated heterocycles. The first-order valence-electron chi connectivity index (χ1n) is 9.94. The molecule has 0 saturated carbocycles. The van der Waals surface area contributed by atoms with Gasteiger partial charge in [-0.1, -0.05) is 30.3 Å². The molecule has 2 heterocycles. The van der Waals surface area contributed by atoms with Crippen molar-refractivity contribution in [1.82, 2.24) is 14.7 Å². The number of benzene rings is 1. The highest BCUT2D eigenvalue weighted by Crippen LogP contribution is 2.25. The van der Waals surface area contributed by atoms with Gasteiger partial charge in [0.25, 0.3) is 0 Å². The largest absolute Gasteiger partial charge is 0.481 e. The maximum Gasteiger partial charge on any atom is 0.410 e. The fourth-order valence-electron chi connectivity index (χ4n) is 4.01. The van der Waals surface area contributed by atoms with Crippen LogP contribution in [0.3, 0.4) is 0 Å². The highest BCUT2D eigenvalue weighted by Gasteiger charge is 2.42. The summed E-state index contributed by atoms with van der Waals surface area (Å²) in [5.41, 5.74) is 0.688. The second-order valence-electron chi connectivity index (χ2n) is 8.70. The number of carbonyl (C=O) groups excluding carboxylic acids is 1. The van der Waals surface area contributed by atoms with Gasteiger partial charge in [0.2, 0.25) is 0 Å². The molecule has 0 bridgehead atoms. The standard InChI is InChI=1S/C21H31N3O4/c1-21(2,3)28-20(27)24-11-9-23(10-12-24)18-15-22(14-17(18)19(25)26)13-16-7-5-4-6-8-16/h4-8,17-18H,9-15H2,1-3H3,(H,25,26)/t17-,18-/m1/s1. The van der Waals surface area contributed by atoms with E-state index in [0.717, 1.165) is 13.1 Å². The number of hydrogen-bond acceptors (Lipinski definition) is 5. The third kappa shape index (κ3) is 5.23. The third-order valence-corrected chi connectivity index (χ3v) is 5.37. The number of carboxylic acid groups (broad SMARTS) is 1. The summed E-state index contributed by atoms with van der Waals surface area (Å²) >= 11 is 0. The van der Waals surface area contributed by atoms with Crippen LogP contribution in [-0.4, -0.2) is 82.8 Å². The number of nitrogens with zero attached hydrogens (tertiary/aromatic N) is 3. The van der Waals surface area contributed by atoms with Crippen molar-refractivity contribution in [3.05, 3.63) is 35.9 Å². The second-order valence-corrected chi connectivity index (χ2v) is 8.70. The van der Waals surface area contributed by atoms with Crippen LogP contribution in [0.25, 0.3) is 0 Å². The predicted molar refractivity (Wildman–Crippen MR) is 106 cm³/mol. The van der Waals surface area contributed by atoms with Crippen LogP contribution in [0.1, 0.15) is 26.3 Å². The van der Waals surface area contributed by atoms with Crippen LogP contribution >= 0.6 is 0 Å². The van der Waals surface area contributed by atoms with Crippen molar-refractivity contribution in [3.8, 4) is 0 Å². The van der Waals surface area contributed by atoms with Crippen LogP contribution in [0.4, 0.5) is 4.79 Å². The number of likely N-dealkylation sites (tertiary alicyclic amines) is 1. The zero-order valence-electron chi connectivity index (χ0n) is 17.0. The van der Waals surface area contributed by atoms with Gasteiger partial charge in [0, 0.05) is 51.9 Å². The summed E-state index contributed by atoms with van der Waals surface area (Å²) in [5.74, 6) is -1.15. The van der Waals surface area contributed by atoms with Crippen LogP contribution in [-0.2, 0) is 16.1 Å². The van der Waals surface area contributed by atoms with Gasteiger partial charge in [0.05, 0.1) is 5.92 Å². The van der Waals surface area contributed by atoms with E-state index in [4.69, 9.17) is 4.74 Å². The van der Waals surface area contributed by atoms with Gasteiger partial charge in [-0.3, -0.25) is 14.6 Å². The Balaban J connectivity index is 1.58. The van der Waals surface area contributed by atoms with Crippen molar-refractivity contribution < 1.29 is 19.4 Å². The molecule has 7 heteroatoms. The fraction of sp³-hybridized carbons (Fsp3) is 0.619. The molecule has 0 aromatic heterocycles. The molecular formula is C21H31N3O4. The zero-order chi connectivity index (χ0) is 20.3. The number of carbonyl (C=O) groups is 2. The molecule has 2 fully saturated rings. The Kier molecular flexibility index (Phi) is 6.25. The number of hydrogen-bond donors (Lipinski definition) is 1. The Morgan fingerprint density at radius 2 is 1.71 bits per heavy atom. The summed E-state index contributed by atoms with van der Waals surface area (Å²) in [6.07, 6.45) is -0.293. The molecule has 1 aromatic carbocycles. The van der Waals surface area contributed by atoms with E-state index in [1.807, 2.05) is 39.0 Å². The molecule has 1 amide bonds. The molecule has 0 spiro atoms. The fourth-order valence-corrected chi connectivity index (χ4v) is 4.01. The summed E-state index contributed by atoms with van der Waals surface area (Å²) in [6, 6.07) is 10.1. The number of ether oxygens (including phenoxy) is 1. The van der Waals surface area contributed by atoms with E-state index in [9.17, 15) is 14.7 Å². The zero-order valence-corrected chi connectivity index (χ0v) is 17.0. The topological polar surface area (TPSA) is 73.3 Å². The van der Waals surface area contributed by atoms with E-state index in [1.54, 1.807) is 4.90 Å². The van der Waals surface area contributed by atoms with Gasteiger partial charge < -0.3 is 14.7 Å². The van der Waals surface area contributed by atoms with Gasteiger partial charge >= 0.3 is 12.1 Å². The van der Waals surface area contributed by atoms with Crippen LogP contribution < -0.4 is 0 Å². The normalized spacial score (nSPS) is 24.3. The highest BCUT2D eigenvalue weighted by atomic mass is 16.6. The Labute approximate surface area is 166 Å². The maximum absolute atomic E-state index is 12.3. The molecule has 2 atom stereocenters. The summed E-state index contributed by atoms with van der Waals surface area (Å²) in [5, 5.41) is 9.73. The lowest BCUT2D eigenvalue weighted by molar-refractivity contribution is -0.143. The molecule has 3 rings (SSSR count). The average Bonchev–Trinajstić information content (AvgIpc) is 3.05. The monoisotopic (exact) mass is 389 g/mol. The van der Waals surface area contributed by atoms with Crippen LogP contribution in [0, 0.1) is 5.92 Å². The third-order valence-electron chi connectivity index (χ3n) is 5.37. The van der Waals surface area contributed by atoms with Crippen LogP contribution in [0.2, 0.25) is 0 Å². The van der Waals surface area contributed by atoms with Gasteiger partial charge in [-0.05, 0) is 26.3 Å². The molecule has 0 radical (unpaired) electrons. The summed E-state index contributed by atoms with van der Waals surface area (Å²) < 4.78 is 5.45. The van der Waals surface area contributed by atoms with E-state index < -0.39 is 17.5 Å². The van der Waals surface area contributed by atoms with E-state index in [2.05, 4.69) is 21.9 Å². The van der Waals surface area contributed by atoms with Crippen molar-refractivity contribution in [1.29, 1.82) is 0 Å². The minimum atomic E-state index is -0.741. The molecule has 7 nitrogen and oxygen atoms in total. The second kappa shape index (κ2) is 8.49. The summed E-state index contributed by atoms with van der Waals surface area (Å²) in [7, 11) is 0. The SMILES string of the molecule is CC(C)(C)OC(=O)N1CCN([C@@H]2CN(Cc3ccccc3)C[C@H]2C(=O)O)CC1. The predicted octanol–water partition coefficient (Wildman–Crippen LogP) is 2.12. The molecule has 2 aliphatic rings. The van der Waals surface area contributed by atoms with E-state index in [-0.39, 0.29) is 12.1 Å². The Morgan fingerprint density at radius 1 is 1.07 bits per heavy atom.